The normalized spacial score (nSPS) is 27.3. The van der Waals surface area contributed by atoms with Crippen LogP contribution in [0.15, 0.2) is 48.5 Å². The maximum atomic E-state index is 13.1. The van der Waals surface area contributed by atoms with Crippen LogP contribution < -0.4 is 4.74 Å². The molecule has 1 aliphatic carbocycles. The number of amides is 1. The second-order valence-corrected chi connectivity index (χ2v) is 7.62. The van der Waals surface area contributed by atoms with E-state index in [4.69, 9.17) is 4.74 Å². The fourth-order valence-corrected chi connectivity index (χ4v) is 4.46. The number of likely N-dealkylation sites (tertiary alicyclic amines) is 1. The predicted molar refractivity (Wildman–Crippen MR) is 103 cm³/mol. The smallest absolute Gasteiger partial charge is 0.253 e. The maximum Gasteiger partial charge on any atom is 0.253 e. The number of hydrogen-bond donors (Lipinski definition) is 2. The topological polar surface area (TPSA) is 70.0 Å². The number of carbonyl (C=O) groups is 1. The summed E-state index contributed by atoms with van der Waals surface area (Å²) in [5, 5.41) is 19.8. The molecule has 2 N–H and O–H groups in total. The van der Waals surface area contributed by atoms with Crippen molar-refractivity contribution in [3.63, 3.8) is 0 Å². The number of benzene rings is 2. The van der Waals surface area contributed by atoms with Crippen molar-refractivity contribution >= 4 is 5.91 Å². The second kappa shape index (κ2) is 7.33. The zero-order chi connectivity index (χ0) is 19.0. The van der Waals surface area contributed by atoms with E-state index in [2.05, 4.69) is 0 Å². The summed E-state index contributed by atoms with van der Waals surface area (Å²) >= 11 is 0. The summed E-state index contributed by atoms with van der Waals surface area (Å²) < 4.78 is 5.44. The van der Waals surface area contributed by atoms with E-state index in [0.717, 1.165) is 16.9 Å². The Morgan fingerprint density at radius 3 is 2.33 bits per heavy atom. The van der Waals surface area contributed by atoms with Crippen LogP contribution in [-0.2, 0) is 0 Å². The molecule has 0 aromatic heterocycles. The van der Waals surface area contributed by atoms with E-state index in [1.165, 1.54) is 0 Å². The highest BCUT2D eigenvalue weighted by Gasteiger charge is 2.42. The Hall–Kier alpha value is -2.37. The summed E-state index contributed by atoms with van der Waals surface area (Å²) in [7, 11) is 1.64. The Bertz CT molecular complexity index is 819. The van der Waals surface area contributed by atoms with Crippen molar-refractivity contribution in [2.75, 3.05) is 20.2 Å². The molecule has 4 atom stereocenters. The van der Waals surface area contributed by atoms with E-state index < -0.39 is 12.2 Å². The van der Waals surface area contributed by atoms with Crippen LogP contribution in [-0.4, -0.2) is 53.4 Å². The van der Waals surface area contributed by atoms with E-state index in [0.29, 0.717) is 31.5 Å². The Morgan fingerprint density at radius 1 is 1.00 bits per heavy atom. The first kappa shape index (κ1) is 18.0. The number of aliphatic hydroxyl groups excluding tert-OH is 2. The Labute approximate surface area is 159 Å². The monoisotopic (exact) mass is 367 g/mol. The molecule has 1 saturated carbocycles. The van der Waals surface area contributed by atoms with Crippen LogP contribution in [0.2, 0.25) is 0 Å². The molecule has 1 heterocycles. The van der Waals surface area contributed by atoms with Crippen molar-refractivity contribution in [1.29, 1.82) is 0 Å². The van der Waals surface area contributed by atoms with Crippen molar-refractivity contribution in [3.8, 4) is 16.9 Å². The molecule has 2 fully saturated rings. The number of rotatable bonds is 3. The van der Waals surface area contributed by atoms with E-state index in [-0.39, 0.29) is 17.7 Å². The summed E-state index contributed by atoms with van der Waals surface area (Å²) in [4.78, 5) is 14.9. The highest BCUT2D eigenvalue weighted by molar-refractivity contribution is 5.96. The van der Waals surface area contributed by atoms with Crippen LogP contribution >= 0.6 is 0 Å². The van der Waals surface area contributed by atoms with Gasteiger partial charge in [0.25, 0.3) is 5.91 Å². The van der Waals surface area contributed by atoms with Gasteiger partial charge in [-0.05, 0) is 48.4 Å². The first-order chi connectivity index (χ1) is 13.1. The fraction of sp³-hybridized carbons (Fsp3) is 0.409. The van der Waals surface area contributed by atoms with Crippen LogP contribution in [0.1, 0.15) is 23.2 Å². The largest absolute Gasteiger partial charge is 0.496 e. The summed E-state index contributed by atoms with van der Waals surface area (Å²) in [6, 6.07) is 15.4. The molecule has 4 rings (SSSR count). The number of nitrogens with zero attached hydrogens (tertiary/aromatic N) is 1. The summed E-state index contributed by atoms with van der Waals surface area (Å²) in [6.45, 7) is 1.29. The molecular weight excluding hydrogens is 342 g/mol. The third kappa shape index (κ3) is 3.45. The lowest BCUT2D eigenvalue weighted by Crippen LogP contribution is -2.38. The van der Waals surface area contributed by atoms with Gasteiger partial charge in [0, 0.05) is 24.2 Å². The van der Waals surface area contributed by atoms with Gasteiger partial charge in [0.15, 0.2) is 0 Å². The van der Waals surface area contributed by atoms with E-state index in [9.17, 15) is 15.0 Å². The van der Waals surface area contributed by atoms with Crippen LogP contribution in [0.5, 0.6) is 5.75 Å². The van der Waals surface area contributed by atoms with Gasteiger partial charge in [-0.2, -0.15) is 0 Å². The summed E-state index contributed by atoms with van der Waals surface area (Å²) in [5.41, 5.74) is 2.55. The molecule has 5 heteroatoms. The molecule has 0 unspecified atom stereocenters. The molecule has 1 aliphatic heterocycles. The van der Waals surface area contributed by atoms with Gasteiger partial charge in [0.2, 0.25) is 0 Å². The van der Waals surface area contributed by atoms with Crippen LogP contribution in [0.25, 0.3) is 11.1 Å². The van der Waals surface area contributed by atoms with Gasteiger partial charge in [-0.25, -0.2) is 0 Å². The third-order valence-electron chi connectivity index (χ3n) is 5.92. The van der Waals surface area contributed by atoms with Gasteiger partial charge < -0.3 is 19.8 Å². The lowest BCUT2D eigenvalue weighted by molar-refractivity contribution is -0.0372. The van der Waals surface area contributed by atoms with Gasteiger partial charge >= 0.3 is 0 Å². The molecule has 1 amide bonds. The third-order valence-corrected chi connectivity index (χ3v) is 5.92. The van der Waals surface area contributed by atoms with Gasteiger partial charge in [-0.15, -0.1) is 0 Å². The second-order valence-electron chi connectivity index (χ2n) is 7.62. The number of ether oxygens (including phenoxy) is 1. The Kier molecular flexibility index (Phi) is 4.89. The van der Waals surface area contributed by atoms with Gasteiger partial charge in [-0.1, -0.05) is 30.3 Å². The van der Waals surface area contributed by atoms with Crippen molar-refractivity contribution in [1.82, 2.24) is 4.90 Å². The van der Waals surface area contributed by atoms with Gasteiger partial charge in [-0.3, -0.25) is 4.79 Å². The van der Waals surface area contributed by atoms with Crippen LogP contribution in [0, 0.1) is 11.8 Å². The lowest BCUT2D eigenvalue weighted by Gasteiger charge is -2.31. The molecule has 2 aliphatic rings. The molecule has 0 radical (unpaired) electrons. The quantitative estimate of drug-likeness (QED) is 0.875. The fourth-order valence-electron chi connectivity index (χ4n) is 4.46. The van der Waals surface area contributed by atoms with E-state index in [1.54, 1.807) is 7.11 Å². The average molecular weight is 367 g/mol. The SMILES string of the molecule is COc1ccccc1-c1cccc(C(=O)N2C[C@H]3C[C@H](O)[C@H](O)C[C@H]3C2)c1. The van der Waals surface area contributed by atoms with E-state index >= 15 is 0 Å². The molecule has 2 aromatic carbocycles. The first-order valence-corrected chi connectivity index (χ1v) is 9.45. The Balaban J connectivity index is 1.55. The summed E-state index contributed by atoms with van der Waals surface area (Å²) in [5.74, 6) is 1.32. The minimum Gasteiger partial charge on any atom is -0.496 e. The molecule has 1 saturated heterocycles. The number of methoxy groups -OCH3 is 1. The maximum absolute atomic E-state index is 13.1. The number of fused-ring (bicyclic) bond motifs is 1. The first-order valence-electron chi connectivity index (χ1n) is 9.45. The minimum absolute atomic E-state index is 0.00475. The number of carbonyl (C=O) groups excluding carboxylic acids is 1. The van der Waals surface area contributed by atoms with Crippen molar-refractivity contribution < 1.29 is 19.7 Å². The predicted octanol–water partition coefficient (Wildman–Crippen LogP) is 2.57. The molecular formula is C22H25NO4. The van der Waals surface area contributed by atoms with Crippen LogP contribution in [0.4, 0.5) is 0 Å². The highest BCUT2D eigenvalue weighted by atomic mass is 16.5. The average Bonchev–Trinajstić information content (AvgIpc) is 3.10. The van der Waals surface area contributed by atoms with E-state index in [1.807, 2.05) is 53.4 Å². The number of aliphatic hydroxyl groups is 2. The van der Waals surface area contributed by atoms with Crippen molar-refractivity contribution in [2.24, 2.45) is 11.8 Å². The molecule has 0 bridgehead atoms. The molecule has 5 nitrogen and oxygen atoms in total. The van der Waals surface area contributed by atoms with Crippen molar-refractivity contribution in [3.05, 3.63) is 54.1 Å². The summed E-state index contributed by atoms with van der Waals surface area (Å²) in [6.07, 6.45) is -0.210. The molecule has 0 spiro atoms. The molecule has 27 heavy (non-hydrogen) atoms. The van der Waals surface area contributed by atoms with Gasteiger partial charge in [0.1, 0.15) is 5.75 Å². The molecule has 2 aromatic rings. The number of hydrogen-bond acceptors (Lipinski definition) is 4. The zero-order valence-electron chi connectivity index (χ0n) is 15.4. The standard InChI is InChI=1S/C22H25NO4/c1-27-21-8-3-2-7-18(21)14-5-4-6-15(9-14)22(26)23-12-16-10-19(24)20(25)11-17(16)13-23/h2-9,16-17,19-20,24-25H,10-13H2,1H3/t16-,17+,19+,20-. The Morgan fingerprint density at radius 2 is 1.67 bits per heavy atom. The number of para-hydroxylation sites is 1. The highest BCUT2D eigenvalue weighted by Crippen LogP contribution is 2.37. The van der Waals surface area contributed by atoms with Crippen molar-refractivity contribution in [2.45, 2.75) is 25.0 Å². The van der Waals surface area contributed by atoms with Gasteiger partial charge in [0.05, 0.1) is 19.3 Å². The zero-order valence-corrected chi connectivity index (χ0v) is 15.4. The lowest BCUT2D eigenvalue weighted by atomic mass is 9.79. The minimum atomic E-state index is -0.671. The molecule has 142 valence electrons. The van der Waals surface area contributed by atoms with Crippen LogP contribution in [0.3, 0.4) is 0 Å².